The van der Waals surface area contributed by atoms with Crippen molar-refractivity contribution in [3.8, 4) is 11.3 Å². The summed E-state index contributed by atoms with van der Waals surface area (Å²) in [5.74, 6) is -0.250. The summed E-state index contributed by atoms with van der Waals surface area (Å²) in [5.41, 5.74) is 6.85. The van der Waals surface area contributed by atoms with Crippen LogP contribution in [-0.4, -0.2) is 4.98 Å². The molecule has 0 aliphatic carbocycles. The standard InChI is InChI=1S/C15H14FN.C10H14/c1-10(2)13-7-6-12(9-14(13)16)15-11(3)5-4-8-17-15;1-3-6-10-8-5-4-7-9(10)2/h4-9H,1H2,2-3H3;4-5,7-8H,3,6H2,1-2H3. The predicted molar refractivity (Wildman–Crippen MR) is 114 cm³/mol. The molecule has 0 saturated carbocycles. The summed E-state index contributed by atoms with van der Waals surface area (Å²) in [4.78, 5) is 4.28. The van der Waals surface area contributed by atoms with Gasteiger partial charge in [-0.2, -0.15) is 0 Å². The van der Waals surface area contributed by atoms with Crippen molar-refractivity contribution in [2.24, 2.45) is 0 Å². The van der Waals surface area contributed by atoms with Crippen LogP contribution in [0.2, 0.25) is 0 Å². The highest BCUT2D eigenvalue weighted by molar-refractivity contribution is 5.68. The number of nitrogens with zero attached hydrogens (tertiary/aromatic N) is 1. The minimum Gasteiger partial charge on any atom is -0.256 e. The Labute approximate surface area is 162 Å². The molecule has 0 bridgehead atoms. The first-order valence-electron chi connectivity index (χ1n) is 9.36. The molecule has 1 nitrogen and oxygen atoms in total. The average molecular weight is 362 g/mol. The van der Waals surface area contributed by atoms with Crippen LogP contribution in [0.5, 0.6) is 0 Å². The largest absolute Gasteiger partial charge is 0.256 e. The number of halogens is 1. The maximum absolute atomic E-state index is 13.8. The molecule has 0 aliphatic rings. The SMILES string of the molecule is C=C(C)c1ccc(-c2ncccc2C)cc1F.CCCc1ccccc1C. The predicted octanol–water partition coefficient (Wildman–Crippen LogP) is 7.18. The van der Waals surface area contributed by atoms with Gasteiger partial charge in [0, 0.05) is 17.3 Å². The Balaban J connectivity index is 0.000000223. The molecule has 3 aromatic rings. The van der Waals surface area contributed by atoms with Crippen LogP contribution >= 0.6 is 0 Å². The molecule has 1 aromatic heterocycles. The lowest BCUT2D eigenvalue weighted by Gasteiger charge is -2.07. The second-order valence-corrected chi connectivity index (χ2v) is 6.82. The van der Waals surface area contributed by atoms with E-state index in [2.05, 4.69) is 49.7 Å². The second-order valence-electron chi connectivity index (χ2n) is 6.82. The lowest BCUT2D eigenvalue weighted by molar-refractivity contribution is 0.624. The molecular formula is C25H28FN. The summed E-state index contributed by atoms with van der Waals surface area (Å²) in [6, 6.07) is 17.6. The van der Waals surface area contributed by atoms with Gasteiger partial charge in [-0.1, -0.05) is 62.4 Å². The van der Waals surface area contributed by atoms with Gasteiger partial charge in [0.25, 0.3) is 0 Å². The first-order chi connectivity index (χ1) is 12.9. The van der Waals surface area contributed by atoms with Crippen LogP contribution in [0.1, 0.15) is 42.5 Å². The van der Waals surface area contributed by atoms with Crippen molar-refractivity contribution in [1.29, 1.82) is 0 Å². The lowest BCUT2D eigenvalue weighted by atomic mass is 10.0. The number of pyridine rings is 1. The van der Waals surface area contributed by atoms with E-state index in [9.17, 15) is 4.39 Å². The second kappa shape index (κ2) is 9.82. The zero-order valence-corrected chi connectivity index (χ0v) is 16.7. The third-order valence-electron chi connectivity index (χ3n) is 4.49. The highest BCUT2D eigenvalue weighted by atomic mass is 19.1. The molecule has 140 valence electrons. The van der Waals surface area contributed by atoms with Crippen molar-refractivity contribution >= 4 is 5.57 Å². The van der Waals surface area contributed by atoms with E-state index in [1.807, 2.05) is 25.1 Å². The Kier molecular flexibility index (Phi) is 7.48. The molecule has 0 radical (unpaired) electrons. The highest BCUT2D eigenvalue weighted by Gasteiger charge is 2.07. The molecule has 0 N–H and O–H groups in total. The van der Waals surface area contributed by atoms with Gasteiger partial charge in [-0.05, 0) is 61.6 Å². The van der Waals surface area contributed by atoms with E-state index in [4.69, 9.17) is 0 Å². The van der Waals surface area contributed by atoms with E-state index in [-0.39, 0.29) is 5.82 Å². The maximum Gasteiger partial charge on any atom is 0.131 e. The van der Waals surface area contributed by atoms with E-state index in [1.54, 1.807) is 19.2 Å². The number of aryl methyl sites for hydroxylation is 3. The zero-order chi connectivity index (χ0) is 19.8. The third kappa shape index (κ3) is 5.62. The van der Waals surface area contributed by atoms with E-state index in [0.29, 0.717) is 5.56 Å². The fourth-order valence-electron chi connectivity index (χ4n) is 2.96. The molecule has 0 aliphatic heterocycles. The number of benzene rings is 2. The Morgan fingerprint density at radius 2 is 1.70 bits per heavy atom. The van der Waals surface area contributed by atoms with Crippen LogP contribution in [0, 0.1) is 19.7 Å². The first-order valence-corrected chi connectivity index (χ1v) is 9.36. The van der Waals surface area contributed by atoms with E-state index >= 15 is 0 Å². The van der Waals surface area contributed by atoms with Gasteiger partial charge in [-0.15, -0.1) is 0 Å². The van der Waals surface area contributed by atoms with Crippen LogP contribution < -0.4 is 0 Å². The number of hydrogen-bond acceptors (Lipinski definition) is 1. The summed E-state index contributed by atoms with van der Waals surface area (Å²) < 4.78 is 13.8. The molecule has 0 fully saturated rings. The fraction of sp³-hybridized carbons (Fsp3) is 0.240. The van der Waals surface area contributed by atoms with E-state index in [1.165, 1.54) is 30.0 Å². The minimum atomic E-state index is -0.250. The number of hydrogen-bond donors (Lipinski definition) is 0. The van der Waals surface area contributed by atoms with Crippen LogP contribution in [0.3, 0.4) is 0 Å². The molecule has 27 heavy (non-hydrogen) atoms. The van der Waals surface area contributed by atoms with Crippen LogP contribution in [-0.2, 0) is 6.42 Å². The number of allylic oxidation sites excluding steroid dienone is 1. The average Bonchev–Trinajstić information content (AvgIpc) is 2.64. The van der Waals surface area contributed by atoms with Gasteiger partial charge >= 0.3 is 0 Å². The third-order valence-corrected chi connectivity index (χ3v) is 4.49. The van der Waals surface area contributed by atoms with Gasteiger partial charge in [0.05, 0.1) is 5.69 Å². The topological polar surface area (TPSA) is 12.9 Å². The van der Waals surface area contributed by atoms with Crippen molar-refractivity contribution in [2.45, 2.75) is 40.5 Å². The van der Waals surface area contributed by atoms with Crippen molar-refractivity contribution in [2.75, 3.05) is 0 Å². The molecule has 0 spiro atoms. The fourth-order valence-corrected chi connectivity index (χ4v) is 2.96. The van der Waals surface area contributed by atoms with Crippen LogP contribution in [0.4, 0.5) is 4.39 Å². The number of rotatable bonds is 4. The Morgan fingerprint density at radius 3 is 2.30 bits per heavy atom. The summed E-state index contributed by atoms with van der Waals surface area (Å²) in [5, 5.41) is 0. The van der Waals surface area contributed by atoms with Crippen molar-refractivity contribution < 1.29 is 4.39 Å². The normalized spacial score (nSPS) is 10.1. The molecule has 2 heteroatoms. The zero-order valence-electron chi connectivity index (χ0n) is 16.7. The van der Waals surface area contributed by atoms with Gasteiger partial charge in [0.2, 0.25) is 0 Å². The summed E-state index contributed by atoms with van der Waals surface area (Å²) in [6.45, 7) is 11.9. The molecule has 0 amide bonds. The first kappa shape index (κ1) is 20.6. The summed E-state index contributed by atoms with van der Waals surface area (Å²) in [7, 11) is 0. The van der Waals surface area contributed by atoms with Gasteiger partial charge in [-0.25, -0.2) is 4.39 Å². The lowest BCUT2D eigenvalue weighted by Crippen LogP contribution is -1.91. The monoisotopic (exact) mass is 361 g/mol. The van der Waals surface area contributed by atoms with Gasteiger partial charge < -0.3 is 0 Å². The molecule has 0 atom stereocenters. The Bertz CT molecular complexity index is 912. The quantitative estimate of drug-likeness (QED) is 0.480. The van der Waals surface area contributed by atoms with Crippen molar-refractivity contribution in [1.82, 2.24) is 4.98 Å². The summed E-state index contributed by atoms with van der Waals surface area (Å²) in [6.07, 6.45) is 4.17. The molecule has 1 heterocycles. The van der Waals surface area contributed by atoms with Crippen molar-refractivity contribution in [3.63, 3.8) is 0 Å². The molecule has 0 unspecified atom stereocenters. The Hall–Kier alpha value is -2.74. The van der Waals surface area contributed by atoms with E-state index < -0.39 is 0 Å². The maximum atomic E-state index is 13.8. The van der Waals surface area contributed by atoms with E-state index in [0.717, 1.165) is 22.4 Å². The van der Waals surface area contributed by atoms with Crippen LogP contribution in [0.15, 0.2) is 67.4 Å². The highest BCUT2D eigenvalue weighted by Crippen LogP contribution is 2.25. The Morgan fingerprint density at radius 1 is 1.00 bits per heavy atom. The smallest absolute Gasteiger partial charge is 0.131 e. The van der Waals surface area contributed by atoms with Crippen LogP contribution in [0.25, 0.3) is 16.8 Å². The van der Waals surface area contributed by atoms with Crippen molar-refractivity contribution in [3.05, 3.63) is 95.4 Å². The minimum absolute atomic E-state index is 0.250. The van der Waals surface area contributed by atoms with Gasteiger partial charge in [-0.3, -0.25) is 4.98 Å². The van der Waals surface area contributed by atoms with Gasteiger partial charge in [0.15, 0.2) is 0 Å². The molecule has 0 saturated heterocycles. The van der Waals surface area contributed by atoms with Gasteiger partial charge in [0.1, 0.15) is 5.82 Å². The molecule has 3 rings (SSSR count). The molecular weight excluding hydrogens is 333 g/mol. The molecule has 2 aromatic carbocycles. The number of aromatic nitrogens is 1. The summed E-state index contributed by atoms with van der Waals surface area (Å²) >= 11 is 0.